The molecule has 4 nitrogen and oxygen atoms in total. The molecule has 0 saturated carbocycles. The van der Waals surface area contributed by atoms with Crippen molar-refractivity contribution in [2.45, 2.75) is 19.4 Å². The average Bonchev–Trinajstić information content (AvgIpc) is 2.92. The maximum absolute atomic E-state index is 5.76. The van der Waals surface area contributed by atoms with Gasteiger partial charge in [-0.1, -0.05) is 25.1 Å². The zero-order valence-electron chi connectivity index (χ0n) is 10.3. The van der Waals surface area contributed by atoms with E-state index in [-0.39, 0.29) is 6.04 Å². The van der Waals surface area contributed by atoms with Crippen molar-refractivity contribution in [3.63, 3.8) is 0 Å². The molecule has 1 aromatic carbocycles. The number of nitrogens with zero attached hydrogens (tertiary/aromatic N) is 1. The van der Waals surface area contributed by atoms with Crippen LogP contribution in [0.3, 0.4) is 0 Å². The van der Waals surface area contributed by atoms with Gasteiger partial charge >= 0.3 is 0 Å². The quantitative estimate of drug-likeness (QED) is 0.621. The number of nitrogens with two attached hydrogens (primary N) is 1. The van der Waals surface area contributed by atoms with Crippen LogP contribution in [0.15, 0.2) is 36.0 Å². The molecule has 18 heavy (non-hydrogen) atoms. The van der Waals surface area contributed by atoms with Crippen LogP contribution in [0.5, 0.6) is 5.75 Å². The summed E-state index contributed by atoms with van der Waals surface area (Å²) in [7, 11) is 0. The van der Waals surface area contributed by atoms with Crippen LogP contribution in [0.4, 0.5) is 0 Å². The highest BCUT2D eigenvalue weighted by atomic mass is 32.1. The normalized spacial score (nSPS) is 12.3. The van der Waals surface area contributed by atoms with E-state index in [0.29, 0.717) is 6.61 Å². The van der Waals surface area contributed by atoms with Crippen LogP contribution in [0.1, 0.15) is 29.8 Å². The third kappa shape index (κ3) is 2.87. The van der Waals surface area contributed by atoms with Crippen LogP contribution in [-0.4, -0.2) is 11.6 Å². The Morgan fingerprint density at radius 1 is 1.44 bits per heavy atom. The van der Waals surface area contributed by atoms with Gasteiger partial charge in [-0.25, -0.2) is 5.43 Å². The number of benzene rings is 1. The molecule has 0 spiro atoms. The first-order valence-electron chi connectivity index (χ1n) is 5.93. The van der Waals surface area contributed by atoms with E-state index in [1.54, 1.807) is 16.8 Å². The lowest BCUT2D eigenvalue weighted by Crippen LogP contribution is -2.28. The molecule has 2 aromatic rings. The molecule has 96 valence electrons. The average molecular weight is 263 g/mol. The van der Waals surface area contributed by atoms with Crippen molar-refractivity contribution in [1.29, 1.82) is 0 Å². The Morgan fingerprint density at radius 2 is 2.28 bits per heavy atom. The maximum atomic E-state index is 5.76. The van der Waals surface area contributed by atoms with E-state index < -0.39 is 0 Å². The van der Waals surface area contributed by atoms with Crippen LogP contribution >= 0.6 is 11.3 Å². The van der Waals surface area contributed by atoms with Crippen LogP contribution in [0.2, 0.25) is 0 Å². The first-order valence-corrected chi connectivity index (χ1v) is 6.81. The molecule has 0 radical (unpaired) electrons. The summed E-state index contributed by atoms with van der Waals surface area (Å²) in [6, 6.07) is 7.87. The summed E-state index contributed by atoms with van der Waals surface area (Å²) in [4.78, 5) is 5.16. The molecule has 1 atom stereocenters. The SMILES string of the molecule is CCCOc1ccccc1C(NN)c1cncs1. The number of aromatic nitrogens is 1. The van der Waals surface area contributed by atoms with Gasteiger partial charge in [0.1, 0.15) is 5.75 Å². The van der Waals surface area contributed by atoms with Gasteiger partial charge in [-0.15, -0.1) is 11.3 Å². The fourth-order valence-electron chi connectivity index (χ4n) is 1.76. The summed E-state index contributed by atoms with van der Waals surface area (Å²) in [5.74, 6) is 6.54. The van der Waals surface area contributed by atoms with Gasteiger partial charge in [-0.3, -0.25) is 10.8 Å². The fraction of sp³-hybridized carbons (Fsp3) is 0.308. The molecule has 1 unspecified atom stereocenters. The highest BCUT2D eigenvalue weighted by Crippen LogP contribution is 2.31. The second kappa shape index (κ2) is 6.49. The summed E-state index contributed by atoms with van der Waals surface area (Å²) >= 11 is 1.57. The Morgan fingerprint density at radius 3 is 2.94 bits per heavy atom. The van der Waals surface area contributed by atoms with Crippen molar-refractivity contribution in [1.82, 2.24) is 10.4 Å². The monoisotopic (exact) mass is 263 g/mol. The molecule has 0 fully saturated rings. The number of hydrogen-bond donors (Lipinski definition) is 2. The van der Waals surface area contributed by atoms with E-state index >= 15 is 0 Å². The molecular weight excluding hydrogens is 246 g/mol. The molecule has 0 saturated heterocycles. The summed E-state index contributed by atoms with van der Waals surface area (Å²) in [6.45, 7) is 2.79. The summed E-state index contributed by atoms with van der Waals surface area (Å²) in [5.41, 5.74) is 5.67. The van der Waals surface area contributed by atoms with E-state index in [1.165, 1.54) is 0 Å². The highest BCUT2D eigenvalue weighted by Gasteiger charge is 2.17. The van der Waals surface area contributed by atoms with Gasteiger partial charge in [0.2, 0.25) is 0 Å². The number of thiazole rings is 1. The molecule has 0 aliphatic heterocycles. The predicted octanol–water partition coefficient (Wildman–Crippen LogP) is 2.48. The predicted molar refractivity (Wildman–Crippen MR) is 73.5 cm³/mol. The number of ether oxygens (including phenoxy) is 1. The van der Waals surface area contributed by atoms with Gasteiger partial charge in [-0.2, -0.15) is 0 Å². The Labute approximate surface area is 111 Å². The van der Waals surface area contributed by atoms with Crippen LogP contribution in [0.25, 0.3) is 0 Å². The summed E-state index contributed by atoms with van der Waals surface area (Å²) in [6.07, 6.45) is 2.81. The molecule has 0 amide bonds. The highest BCUT2D eigenvalue weighted by molar-refractivity contribution is 7.09. The van der Waals surface area contributed by atoms with Crippen molar-refractivity contribution in [3.8, 4) is 5.75 Å². The van der Waals surface area contributed by atoms with Crippen LogP contribution in [-0.2, 0) is 0 Å². The number of rotatable bonds is 6. The van der Waals surface area contributed by atoms with Crippen molar-refractivity contribution < 1.29 is 4.74 Å². The third-order valence-corrected chi connectivity index (χ3v) is 3.43. The Balaban J connectivity index is 2.30. The molecule has 0 aliphatic rings. The number of para-hydroxylation sites is 1. The van der Waals surface area contributed by atoms with Crippen LogP contribution < -0.4 is 16.0 Å². The standard InChI is InChI=1S/C13H17N3OS/c1-2-7-17-11-6-4-3-5-10(11)13(16-14)12-8-15-9-18-12/h3-6,8-9,13,16H,2,7,14H2,1H3. The lowest BCUT2D eigenvalue weighted by molar-refractivity contribution is 0.312. The van der Waals surface area contributed by atoms with E-state index in [1.807, 2.05) is 30.5 Å². The zero-order chi connectivity index (χ0) is 12.8. The lowest BCUT2D eigenvalue weighted by atomic mass is 10.1. The molecule has 2 rings (SSSR count). The second-order valence-corrected chi connectivity index (χ2v) is 4.81. The lowest BCUT2D eigenvalue weighted by Gasteiger charge is -2.18. The summed E-state index contributed by atoms with van der Waals surface area (Å²) in [5, 5.41) is 0. The Kier molecular flexibility index (Phi) is 4.69. The van der Waals surface area contributed by atoms with Gasteiger partial charge in [0.05, 0.1) is 18.2 Å². The summed E-state index contributed by atoms with van der Waals surface area (Å²) < 4.78 is 5.76. The van der Waals surface area contributed by atoms with E-state index in [4.69, 9.17) is 10.6 Å². The van der Waals surface area contributed by atoms with Crippen molar-refractivity contribution in [2.75, 3.05) is 6.61 Å². The van der Waals surface area contributed by atoms with E-state index in [2.05, 4.69) is 17.3 Å². The molecular formula is C13H17N3OS. The van der Waals surface area contributed by atoms with Crippen molar-refractivity contribution in [3.05, 3.63) is 46.4 Å². The number of nitrogens with one attached hydrogen (secondary N) is 1. The van der Waals surface area contributed by atoms with E-state index in [0.717, 1.165) is 22.6 Å². The molecule has 1 aromatic heterocycles. The third-order valence-electron chi connectivity index (χ3n) is 2.59. The van der Waals surface area contributed by atoms with Crippen molar-refractivity contribution in [2.24, 2.45) is 5.84 Å². The molecule has 3 N–H and O–H groups in total. The zero-order valence-corrected chi connectivity index (χ0v) is 11.1. The van der Waals surface area contributed by atoms with Crippen molar-refractivity contribution >= 4 is 11.3 Å². The minimum atomic E-state index is -0.0782. The fourth-order valence-corrected chi connectivity index (χ4v) is 2.45. The number of hydrogen-bond acceptors (Lipinski definition) is 5. The topological polar surface area (TPSA) is 60.2 Å². The first-order chi connectivity index (χ1) is 8.86. The van der Waals surface area contributed by atoms with Gasteiger partial charge < -0.3 is 4.74 Å². The largest absolute Gasteiger partial charge is 0.493 e. The minimum absolute atomic E-state index is 0.0782. The first kappa shape index (κ1) is 13.0. The van der Waals surface area contributed by atoms with Gasteiger partial charge in [-0.05, 0) is 12.5 Å². The van der Waals surface area contributed by atoms with Gasteiger partial charge in [0.25, 0.3) is 0 Å². The van der Waals surface area contributed by atoms with Gasteiger partial charge in [0, 0.05) is 16.6 Å². The Hall–Kier alpha value is -1.43. The molecule has 0 aliphatic carbocycles. The van der Waals surface area contributed by atoms with Crippen LogP contribution in [0, 0.1) is 0 Å². The number of hydrazine groups is 1. The van der Waals surface area contributed by atoms with E-state index in [9.17, 15) is 0 Å². The molecule has 5 heteroatoms. The molecule has 1 heterocycles. The maximum Gasteiger partial charge on any atom is 0.124 e. The smallest absolute Gasteiger partial charge is 0.124 e. The Bertz CT molecular complexity index is 473. The van der Waals surface area contributed by atoms with Gasteiger partial charge in [0.15, 0.2) is 0 Å². The molecule has 0 bridgehead atoms. The minimum Gasteiger partial charge on any atom is -0.493 e. The second-order valence-electron chi connectivity index (χ2n) is 3.89.